The summed E-state index contributed by atoms with van der Waals surface area (Å²) in [5, 5.41) is 1.92. The third-order valence-corrected chi connectivity index (χ3v) is 7.64. The molecule has 0 unspecified atom stereocenters. The van der Waals surface area contributed by atoms with Crippen LogP contribution in [0.3, 0.4) is 0 Å². The molecule has 1 aromatic rings. The van der Waals surface area contributed by atoms with Gasteiger partial charge in [-0.25, -0.2) is 0 Å². The summed E-state index contributed by atoms with van der Waals surface area (Å²) in [7, 11) is 1.86. The molecule has 0 saturated carbocycles. The maximum atomic E-state index is 13.1. The van der Waals surface area contributed by atoms with Crippen molar-refractivity contribution in [1.82, 2.24) is 14.7 Å². The van der Waals surface area contributed by atoms with Crippen molar-refractivity contribution >= 4 is 29.1 Å². The fourth-order valence-corrected chi connectivity index (χ4v) is 5.88. The van der Waals surface area contributed by atoms with Crippen LogP contribution >= 0.6 is 11.3 Å². The van der Waals surface area contributed by atoms with E-state index in [1.165, 1.54) is 11.3 Å². The van der Waals surface area contributed by atoms with E-state index in [2.05, 4.69) is 0 Å². The summed E-state index contributed by atoms with van der Waals surface area (Å²) in [6.07, 6.45) is 2.38. The topological polar surface area (TPSA) is 60.9 Å². The Morgan fingerprint density at radius 1 is 1.08 bits per heavy atom. The van der Waals surface area contributed by atoms with Gasteiger partial charge in [0.1, 0.15) is 0 Å². The van der Waals surface area contributed by atoms with Crippen LogP contribution in [-0.2, 0) is 9.59 Å². The molecule has 3 aliphatic rings. The minimum absolute atomic E-state index is 0.0423. The van der Waals surface area contributed by atoms with Gasteiger partial charge >= 0.3 is 0 Å². The molecule has 0 aliphatic carbocycles. The predicted molar refractivity (Wildman–Crippen MR) is 98.8 cm³/mol. The average Bonchev–Trinajstić information content (AvgIpc) is 3.33. The van der Waals surface area contributed by atoms with Crippen LogP contribution in [0, 0.1) is 10.8 Å². The van der Waals surface area contributed by atoms with E-state index in [1.807, 2.05) is 39.3 Å². The van der Waals surface area contributed by atoms with E-state index in [0.29, 0.717) is 26.2 Å². The second kappa shape index (κ2) is 6.08. The van der Waals surface area contributed by atoms with E-state index in [4.69, 9.17) is 0 Å². The van der Waals surface area contributed by atoms with Gasteiger partial charge < -0.3 is 14.7 Å². The van der Waals surface area contributed by atoms with Crippen molar-refractivity contribution in [3.05, 3.63) is 22.4 Å². The Hall–Kier alpha value is -1.89. The fraction of sp³-hybridized carbons (Fsp3) is 0.632. The molecule has 2 spiro atoms. The molecule has 4 heterocycles. The lowest BCUT2D eigenvalue weighted by atomic mass is 9.60. The quantitative estimate of drug-likeness (QED) is 0.750. The largest absolute Gasteiger partial charge is 0.345 e. The van der Waals surface area contributed by atoms with E-state index in [1.54, 1.807) is 6.92 Å². The average molecular weight is 375 g/mol. The molecule has 3 aliphatic heterocycles. The monoisotopic (exact) mass is 375 g/mol. The van der Waals surface area contributed by atoms with Gasteiger partial charge in [0.15, 0.2) is 0 Å². The van der Waals surface area contributed by atoms with Gasteiger partial charge in [-0.15, -0.1) is 11.3 Å². The summed E-state index contributed by atoms with van der Waals surface area (Å²) in [5.74, 6) is 0.306. The minimum Gasteiger partial charge on any atom is -0.345 e. The van der Waals surface area contributed by atoms with Crippen LogP contribution < -0.4 is 0 Å². The molecule has 140 valence electrons. The fourth-order valence-electron chi connectivity index (χ4n) is 5.19. The molecule has 4 rings (SSSR count). The Balaban J connectivity index is 1.58. The second-order valence-electron chi connectivity index (χ2n) is 7.98. The molecular weight excluding hydrogens is 350 g/mol. The van der Waals surface area contributed by atoms with Gasteiger partial charge in [0.25, 0.3) is 5.91 Å². The lowest BCUT2D eigenvalue weighted by Gasteiger charge is -2.46. The number of fused-ring (bicyclic) bond motifs is 1. The van der Waals surface area contributed by atoms with Crippen LogP contribution in [0.25, 0.3) is 0 Å². The molecule has 3 amide bonds. The second-order valence-corrected chi connectivity index (χ2v) is 8.93. The van der Waals surface area contributed by atoms with E-state index < -0.39 is 5.41 Å². The number of hydrogen-bond donors (Lipinski definition) is 0. The standard InChI is InChI=1S/C19H25N3O3S/c1-14(23)22-12-18(19(13-22)7-8-20(2)17(19)25)5-9-21(10-6-18)16(24)15-4-3-11-26-15/h3-4,11H,5-10,12-13H2,1-2H3/t19-/m0/s1. The lowest BCUT2D eigenvalue weighted by Crippen LogP contribution is -2.53. The summed E-state index contributed by atoms with van der Waals surface area (Å²) >= 11 is 1.47. The molecule has 6 nitrogen and oxygen atoms in total. The van der Waals surface area contributed by atoms with Crippen molar-refractivity contribution in [1.29, 1.82) is 0 Å². The summed E-state index contributed by atoms with van der Waals surface area (Å²) in [4.78, 5) is 44.2. The molecule has 7 heteroatoms. The van der Waals surface area contributed by atoms with Gasteiger partial charge in [0.2, 0.25) is 11.8 Å². The van der Waals surface area contributed by atoms with Gasteiger partial charge in [0, 0.05) is 52.1 Å². The number of amides is 3. The summed E-state index contributed by atoms with van der Waals surface area (Å²) in [5.41, 5.74) is -0.668. The molecule has 0 radical (unpaired) electrons. The van der Waals surface area contributed by atoms with Crippen molar-refractivity contribution in [2.45, 2.75) is 26.2 Å². The van der Waals surface area contributed by atoms with Crippen LogP contribution in [0.5, 0.6) is 0 Å². The third-order valence-electron chi connectivity index (χ3n) is 6.78. The first-order valence-electron chi connectivity index (χ1n) is 9.22. The van der Waals surface area contributed by atoms with Gasteiger partial charge in [-0.1, -0.05) is 6.07 Å². The van der Waals surface area contributed by atoms with Crippen LogP contribution in [-0.4, -0.2) is 72.2 Å². The van der Waals surface area contributed by atoms with E-state index >= 15 is 0 Å². The van der Waals surface area contributed by atoms with Crippen molar-refractivity contribution < 1.29 is 14.4 Å². The molecular formula is C19H25N3O3S. The number of carbonyl (C=O) groups is 3. The van der Waals surface area contributed by atoms with Crippen molar-refractivity contribution in [2.24, 2.45) is 10.8 Å². The van der Waals surface area contributed by atoms with E-state index in [-0.39, 0.29) is 23.1 Å². The molecule has 3 fully saturated rings. The number of carbonyl (C=O) groups excluding carboxylic acids is 3. The zero-order valence-corrected chi connectivity index (χ0v) is 16.2. The third kappa shape index (κ3) is 2.40. The Morgan fingerprint density at radius 2 is 1.81 bits per heavy atom. The molecule has 1 atom stereocenters. The first-order valence-corrected chi connectivity index (χ1v) is 10.1. The van der Waals surface area contributed by atoms with Gasteiger partial charge in [0.05, 0.1) is 10.3 Å². The molecule has 3 saturated heterocycles. The number of piperidine rings is 1. The SMILES string of the molecule is CC(=O)N1CC2(CCN(C(=O)c3cccs3)CC2)[C@@]2(CCN(C)C2=O)C1. The van der Waals surface area contributed by atoms with Crippen LogP contribution in [0.4, 0.5) is 0 Å². The maximum absolute atomic E-state index is 13.1. The zero-order valence-electron chi connectivity index (χ0n) is 15.4. The summed E-state index contributed by atoms with van der Waals surface area (Å²) < 4.78 is 0. The number of thiophene rings is 1. The summed E-state index contributed by atoms with van der Waals surface area (Å²) in [6.45, 7) is 4.82. The maximum Gasteiger partial charge on any atom is 0.263 e. The molecule has 0 bridgehead atoms. The van der Waals surface area contributed by atoms with Gasteiger partial charge in [-0.3, -0.25) is 14.4 Å². The number of nitrogens with zero attached hydrogens (tertiary/aromatic N) is 3. The smallest absolute Gasteiger partial charge is 0.263 e. The highest BCUT2D eigenvalue weighted by Crippen LogP contribution is 2.57. The number of hydrogen-bond acceptors (Lipinski definition) is 4. The van der Waals surface area contributed by atoms with Crippen LogP contribution in [0.15, 0.2) is 17.5 Å². The van der Waals surface area contributed by atoms with Crippen molar-refractivity contribution in [2.75, 3.05) is 39.8 Å². The van der Waals surface area contributed by atoms with Crippen molar-refractivity contribution in [3.63, 3.8) is 0 Å². The lowest BCUT2D eigenvalue weighted by molar-refractivity contribution is -0.141. The van der Waals surface area contributed by atoms with E-state index in [0.717, 1.165) is 30.7 Å². The van der Waals surface area contributed by atoms with Gasteiger partial charge in [-0.2, -0.15) is 0 Å². The molecule has 0 N–H and O–H groups in total. The number of rotatable bonds is 1. The van der Waals surface area contributed by atoms with E-state index in [9.17, 15) is 14.4 Å². The Morgan fingerprint density at radius 3 is 2.35 bits per heavy atom. The Kier molecular flexibility index (Phi) is 4.10. The molecule has 26 heavy (non-hydrogen) atoms. The highest BCUT2D eigenvalue weighted by molar-refractivity contribution is 7.12. The molecule has 0 aromatic carbocycles. The first kappa shape index (κ1) is 17.5. The normalized spacial score (nSPS) is 27.8. The van der Waals surface area contributed by atoms with Gasteiger partial charge in [-0.05, 0) is 30.7 Å². The highest BCUT2D eigenvalue weighted by atomic mass is 32.1. The van der Waals surface area contributed by atoms with Crippen LogP contribution in [0.2, 0.25) is 0 Å². The predicted octanol–water partition coefficient (Wildman–Crippen LogP) is 1.68. The van der Waals surface area contributed by atoms with Crippen LogP contribution in [0.1, 0.15) is 35.9 Å². The first-order chi connectivity index (χ1) is 12.4. The minimum atomic E-state index is -0.467. The Bertz CT molecular complexity index is 739. The molecule has 1 aromatic heterocycles. The Labute approximate surface area is 157 Å². The van der Waals surface area contributed by atoms with Crippen molar-refractivity contribution in [3.8, 4) is 0 Å². The highest BCUT2D eigenvalue weighted by Gasteiger charge is 2.65. The summed E-state index contributed by atoms with van der Waals surface area (Å²) in [6, 6.07) is 3.76. The number of likely N-dealkylation sites (tertiary alicyclic amines) is 3. The zero-order chi connectivity index (χ0) is 18.5.